The van der Waals surface area contributed by atoms with Crippen LogP contribution in [0.15, 0.2) is 36.5 Å². The maximum absolute atomic E-state index is 11.6. The van der Waals surface area contributed by atoms with Crippen LogP contribution in [0.4, 0.5) is 0 Å². The first-order valence-electron chi connectivity index (χ1n) is 7.07. The molecule has 0 unspecified atom stereocenters. The Kier molecular flexibility index (Phi) is 4.41. The van der Waals surface area contributed by atoms with Gasteiger partial charge in [0.05, 0.1) is 0 Å². The molecule has 1 heterocycles. The molecular weight excluding hydrogens is 234 g/mol. The predicted octanol–water partition coefficient (Wildman–Crippen LogP) is 3.68. The molecule has 1 aromatic rings. The van der Waals surface area contributed by atoms with E-state index in [0.717, 1.165) is 25.1 Å². The van der Waals surface area contributed by atoms with Crippen molar-refractivity contribution in [1.29, 1.82) is 0 Å². The molecule has 2 nitrogen and oxygen atoms in total. The first-order valence-corrected chi connectivity index (χ1v) is 7.07. The van der Waals surface area contributed by atoms with Gasteiger partial charge in [-0.25, -0.2) is 0 Å². The van der Waals surface area contributed by atoms with Crippen molar-refractivity contribution in [2.75, 3.05) is 13.1 Å². The second kappa shape index (κ2) is 6.05. The van der Waals surface area contributed by atoms with E-state index in [1.807, 2.05) is 18.2 Å². The molecule has 1 aliphatic rings. The number of carbonyl (C=O) groups excluding carboxylic acids is 1. The summed E-state index contributed by atoms with van der Waals surface area (Å²) < 4.78 is 0. The quantitative estimate of drug-likeness (QED) is 0.767. The van der Waals surface area contributed by atoms with E-state index >= 15 is 0 Å². The highest BCUT2D eigenvalue weighted by molar-refractivity contribution is 5.95. The van der Waals surface area contributed by atoms with Crippen molar-refractivity contribution in [3.63, 3.8) is 0 Å². The summed E-state index contributed by atoms with van der Waals surface area (Å²) in [6, 6.07) is 8.03. The van der Waals surface area contributed by atoms with Gasteiger partial charge in [-0.3, -0.25) is 4.79 Å². The number of ketones is 1. The third-order valence-electron chi connectivity index (χ3n) is 4.06. The van der Waals surface area contributed by atoms with Crippen LogP contribution in [0.1, 0.15) is 42.6 Å². The lowest BCUT2D eigenvalue weighted by molar-refractivity contribution is 0.101. The number of allylic oxidation sites excluding steroid dienone is 1. The average Bonchev–Trinajstić information content (AvgIpc) is 2.39. The number of benzene rings is 1. The van der Waals surface area contributed by atoms with E-state index in [1.54, 1.807) is 6.92 Å². The smallest absolute Gasteiger partial charge is 0.160 e. The zero-order valence-electron chi connectivity index (χ0n) is 12.0. The van der Waals surface area contributed by atoms with Gasteiger partial charge in [-0.05, 0) is 44.6 Å². The molecule has 1 aliphatic heterocycles. The number of piperidine rings is 1. The average molecular weight is 257 g/mol. The molecule has 0 N–H and O–H groups in total. The Hall–Kier alpha value is -1.57. The van der Waals surface area contributed by atoms with Gasteiger partial charge in [-0.15, -0.1) is 0 Å². The van der Waals surface area contributed by atoms with Crippen molar-refractivity contribution in [3.05, 3.63) is 47.7 Å². The third kappa shape index (κ3) is 3.46. The molecule has 19 heavy (non-hydrogen) atoms. The van der Waals surface area contributed by atoms with Crippen molar-refractivity contribution >= 4 is 5.78 Å². The minimum absolute atomic E-state index is 0.176. The maximum Gasteiger partial charge on any atom is 0.160 e. The van der Waals surface area contributed by atoms with Crippen LogP contribution in [0, 0.1) is 5.92 Å². The van der Waals surface area contributed by atoms with Crippen molar-refractivity contribution in [2.24, 2.45) is 5.92 Å². The Balaban J connectivity index is 2.00. The lowest BCUT2D eigenvalue weighted by Crippen LogP contribution is -2.32. The highest BCUT2D eigenvalue weighted by atomic mass is 16.1. The van der Waals surface area contributed by atoms with Gasteiger partial charge in [0.15, 0.2) is 5.78 Å². The van der Waals surface area contributed by atoms with Crippen molar-refractivity contribution in [2.45, 2.75) is 33.1 Å². The van der Waals surface area contributed by atoms with Gasteiger partial charge < -0.3 is 4.90 Å². The summed E-state index contributed by atoms with van der Waals surface area (Å²) in [5.74, 6) is 0.867. The lowest BCUT2D eigenvalue weighted by Gasteiger charge is -2.34. The van der Waals surface area contributed by atoms with Gasteiger partial charge in [0, 0.05) is 24.4 Å². The second-order valence-corrected chi connectivity index (χ2v) is 5.58. The van der Waals surface area contributed by atoms with Crippen LogP contribution in [0.3, 0.4) is 0 Å². The minimum Gasteiger partial charge on any atom is -0.376 e. The number of hydrogen-bond donors (Lipinski definition) is 0. The fraction of sp³-hybridized carbons (Fsp3) is 0.471. The van der Waals surface area contributed by atoms with Crippen LogP contribution in [0.5, 0.6) is 0 Å². The molecule has 1 fully saturated rings. The summed E-state index contributed by atoms with van der Waals surface area (Å²) in [5, 5.41) is 0. The summed E-state index contributed by atoms with van der Waals surface area (Å²) in [7, 11) is 0. The van der Waals surface area contributed by atoms with E-state index in [2.05, 4.69) is 24.5 Å². The number of rotatable bonds is 4. The molecule has 1 aromatic carbocycles. The number of carbonyl (C=O) groups is 1. The van der Waals surface area contributed by atoms with Crippen molar-refractivity contribution in [1.82, 2.24) is 4.90 Å². The van der Waals surface area contributed by atoms with Crippen LogP contribution < -0.4 is 0 Å². The summed E-state index contributed by atoms with van der Waals surface area (Å²) >= 11 is 0. The van der Waals surface area contributed by atoms with Crippen LogP contribution in [-0.2, 0) is 6.42 Å². The van der Waals surface area contributed by atoms with E-state index < -0.39 is 0 Å². The Labute approximate surface area is 116 Å². The van der Waals surface area contributed by atoms with Gasteiger partial charge in [-0.2, -0.15) is 0 Å². The van der Waals surface area contributed by atoms with Crippen molar-refractivity contribution < 1.29 is 4.79 Å². The lowest BCUT2D eigenvalue weighted by atomic mass is 9.87. The van der Waals surface area contributed by atoms with E-state index in [0.29, 0.717) is 5.92 Å². The van der Waals surface area contributed by atoms with E-state index in [4.69, 9.17) is 0 Å². The standard InChI is InChI=1S/C17H23NO/c1-13(2)18-10-8-15(9-11-18)12-16-6-4-5-7-17(16)14(3)19/h4-7,15H,1,8-12H2,2-3H3. The van der Waals surface area contributed by atoms with E-state index in [1.165, 1.54) is 24.1 Å². The molecule has 102 valence electrons. The summed E-state index contributed by atoms with van der Waals surface area (Å²) in [6.45, 7) is 9.94. The molecule has 0 radical (unpaired) electrons. The summed E-state index contributed by atoms with van der Waals surface area (Å²) in [5.41, 5.74) is 3.27. The van der Waals surface area contributed by atoms with Crippen molar-refractivity contribution in [3.8, 4) is 0 Å². The molecule has 1 saturated heterocycles. The van der Waals surface area contributed by atoms with Crippen LogP contribution >= 0.6 is 0 Å². The molecular formula is C17H23NO. The second-order valence-electron chi connectivity index (χ2n) is 5.58. The number of hydrogen-bond acceptors (Lipinski definition) is 2. The first kappa shape index (κ1) is 13.9. The largest absolute Gasteiger partial charge is 0.376 e. The Morgan fingerprint density at radius 2 is 1.89 bits per heavy atom. The molecule has 2 heteroatoms. The number of nitrogens with zero attached hydrogens (tertiary/aromatic N) is 1. The zero-order valence-corrected chi connectivity index (χ0v) is 12.0. The van der Waals surface area contributed by atoms with Gasteiger partial charge >= 0.3 is 0 Å². The highest BCUT2D eigenvalue weighted by Crippen LogP contribution is 2.24. The Morgan fingerprint density at radius 3 is 2.47 bits per heavy atom. The van der Waals surface area contributed by atoms with E-state index in [9.17, 15) is 4.79 Å². The molecule has 0 amide bonds. The Bertz CT molecular complexity index is 470. The topological polar surface area (TPSA) is 20.3 Å². The van der Waals surface area contributed by atoms with Crippen LogP contribution in [-0.4, -0.2) is 23.8 Å². The fourth-order valence-corrected chi connectivity index (χ4v) is 2.87. The molecule has 0 atom stereocenters. The predicted molar refractivity (Wildman–Crippen MR) is 79.3 cm³/mol. The molecule has 0 spiro atoms. The molecule has 0 saturated carbocycles. The van der Waals surface area contributed by atoms with Crippen LogP contribution in [0.25, 0.3) is 0 Å². The fourth-order valence-electron chi connectivity index (χ4n) is 2.87. The normalized spacial score (nSPS) is 16.4. The van der Waals surface area contributed by atoms with Gasteiger partial charge in [0.25, 0.3) is 0 Å². The highest BCUT2D eigenvalue weighted by Gasteiger charge is 2.20. The monoisotopic (exact) mass is 257 g/mol. The minimum atomic E-state index is 0.176. The van der Waals surface area contributed by atoms with Gasteiger partial charge in [-0.1, -0.05) is 30.8 Å². The number of likely N-dealkylation sites (tertiary alicyclic amines) is 1. The molecule has 0 aliphatic carbocycles. The SMILES string of the molecule is C=C(C)N1CCC(Cc2ccccc2C(C)=O)CC1. The first-order chi connectivity index (χ1) is 9.08. The number of Topliss-reactive ketones (excluding diaryl/α,β-unsaturated/α-hetero) is 1. The van der Waals surface area contributed by atoms with Crippen LogP contribution in [0.2, 0.25) is 0 Å². The van der Waals surface area contributed by atoms with E-state index in [-0.39, 0.29) is 5.78 Å². The molecule has 0 bridgehead atoms. The summed E-state index contributed by atoms with van der Waals surface area (Å²) in [4.78, 5) is 14.0. The molecule has 0 aromatic heterocycles. The van der Waals surface area contributed by atoms with Gasteiger partial charge in [0.2, 0.25) is 0 Å². The molecule has 2 rings (SSSR count). The zero-order chi connectivity index (χ0) is 13.8. The van der Waals surface area contributed by atoms with Gasteiger partial charge in [0.1, 0.15) is 0 Å². The Morgan fingerprint density at radius 1 is 1.26 bits per heavy atom. The summed E-state index contributed by atoms with van der Waals surface area (Å²) in [6.07, 6.45) is 3.41. The maximum atomic E-state index is 11.6. The third-order valence-corrected chi connectivity index (χ3v) is 4.06.